The third-order valence-corrected chi connectivity index (χ3v) is 6.45. The molecule has 1 amide bonds. The van der Waals surface area contributed by atoms with Crippen molar-refractivity contribution in [2.24, 2.45) is 0 Å². The van der Waals surface area contributed by atoms with E-state index >= 15 is 0 Å². The molecule has 0 aliphatic rings. The highest BCUT2D eigenvalue weighted by Crippen LogP contribution is 2.26. The van der Waals surface area contributed by atoms with Crippen LogP contribution in [-0.4, -0.2) is 47.4 Å². The van der Waals surface area contributed by atoms with Crippen LogP contribution in [0.2, 0.25) is 0 Å². The van der Waals surface area contributed by atoms with Gasteiger partial charge in [0.15, 0.2) is 5.65 Å². The fourth-order valence-corrected chi connectivity index (χ4v) is 4.23. The summed E-state index contributed by atoms with van der Waals surface area (Å²) >= 11 is 0. The van der Waals surface area contributed by atoms with Crippen LogP contribution < -0.4 is 0 Å². The molecule has 0 aliphatic heterocycles. The average molecular weight is 446 g/mol. The fraction of sp³-hybridized carbons (Fsp3) is 0.400. The Hall–Kier alpha value is -3.55. The summed E-state index contributed by atoms with van der Waals surface area (Å²) < 4.78 is 3.66. The molecule has 0 unspecified atom stereocenters. The number of fused-ring (bicyclic) bond motifs is 1. The normalized spacial score (nSPS) is 12.5. The molecule has 0 radical (unpaired) electrons. The van der Waals surface area contributed by atoms with E-state index in [9.17, 15) is 4.79 Å². The van der Waals surface area contributed by atoms with Crippen molar-refractivity contribution in [3.8, 4) is 5.69 Å². The van der Waals surface area contributed by atoms with Gasteiger partial charge in [0.05, 0.1) is 17.9 Å². The summed E-state index contributed by atoms with van der Waals surface area (Å²) in [6, 6.07) is 8.26. The minimum atomic E-state index is -0.0330. The fourth-order valence-electron chi connectivity index (χ4n) is 4.23. The molecule has 0 saturated heterocycles. The molecule has 3 heterocycles. The van der Waals surface area contributed by atoms with Gasteiger partial charge >= 0.3 is 0 Å². The molecule has 33 heavy (non-hydrogen) atoms. The third kappa shape index (κ3) is 4.37. The highest BCUT2D eigenvalue weighted by atomic mass is 16.2. The first-order chi connectivity index (χ1) is 15.8. The van der Waals surface area contributed by atoms with Crippen molar-refractivity contribution in [1.82, 2.24) is 34.4 Å². The zero-order valence-corrected chi connectivity index (χ0v) is 20.1. The van der Waals surface area contributed by atoms with E-state index in [1.54, 1.807) is 11.0 Å². The number of rotatable bonds is 7. The van der Waals surface area contributed by atoms with E-state index in [-0.39, 0.29) is 18.0 Å². The second kappa shape index (κ2) is 9.13. The molecular weight excluding hydrogens is 414 g/mol. The predicted molar refractivity (Wildman–Crippen MR) is 128 cm³/mol. The quantitative estimate of drug-likeness (QED) is 0.422. The van der Waals surface area contributed by atoms with Crippen LogP contribution in [0.1, 0.15) is 61.7 Å². The Labute approximate surface area is 194 Å². The molecule has 0 bridgehead atoms. The van der Waals surface area contributed by atoms with E-state index in [1.807, 2.05) is 60.9 Å². The molecule has 0 fully saturated rings. The Bertz CT molecular complexity index is 1260. The number of carbonyl (C=O) groups excluding carboxylic acids is 1. The first-order valence-corrected chi connectivity index (χ1v) is 11.3. The third-order valence-electron chi connectivity index (χ3n) is 6.45. The Balaban J connectivity index is 1.45. The van der Waals surface area contributed by atoms with Gasteiger partial charge in [-0.2, -0.15) is 10.2 Å². The van der Waals surface area contributed by atoms with E-state index < -0.39 is 0 Å². The van der Waals surface area contributed by atoms with Gasteiger partial charge in [-0.15, -0.1) is 0 Å². The van der Waals surface area contributed by atoms with E-state index in [2.05, 4.69) is 36.0 Å². The Morgan fingerprint density at radius 2 is 1.82 bits per heavy atom. The molecule has 0 N–H and O–H groups in total. The zero-order chi connectivity index (χ0) is 23.7. The van der Waals surface area contributed by atoms with Crippen LogP contribution in [0.5, 0.6) is 0 Å². The van der Waals surface area contributed by atoms with Crippen molar-refractivity contribution in [1.29, 1.82) is 0 Å². The molecule has 1 aromatic carbocycles. The van der Waals surface area contributed by atoms with E-state index in [0.29, 0.717) is 12.8 Å². The van der Waals surface area contributed by atoms with Crippen LogP contribution in [0.25, 0.3) is 16.7 Å². The maximum Gasteiger partial charge on any atom is 0.223 e. The van der Waals surface area contributed by atoms with Crippen molar-refractivity contribution in [2.45, 2.75) is 59.5 Å². The molecule has 172 valence electrons. The van der Waals surface area contributed by atoms with Gasteiger partial charge in [-0.3, -0.25) is 4.79 Å². The molecule has 8 nitrogen and oxygen atoms in total. The molecule has 3 aromatic heterocycles. The summed E-state index contributed by atoms with van der Waals surface area (Å²) in [4.78, 5) is 23.6. The van der Waals surface area contributed by atoms with Crippen molar-refractivity contribution in [2.75, 3.05) is 7.05 Å². The zero-order valence-electron chi connectivity index (χ0n) is 20.1. The molecule has 4 rings (SSSR count). The average Bonchev–Trinajstić information content (AvgIpc) is 3.48. The maximum atomic E-state index is 13.0. The topological polar surface area (TPSA) is 81.7 Å². The molecule has 4 aromatic rings. The van der Waals surface area contributed by atoms with Crippen molar-refractivity contribution < 1.29 is 4.79 Å². The van der Waals surface area contributed by atoms with Gasteiger partial charge in [0.1, 0.15) is 12.7 Å². The van der Waals surface area contributed by atoms with Crippen LogP contribution in [0.15, 0.2) is 43.1 Å². The van der Waals surface area contributed by atoms with E-state index in [0.717, 1.165) is 39.1 Å². The summed E-state index contributed by atoms with van der Waals surface area (Å²) in [6.45, 7) is 10.4. The van der Waals surface area contributed by atoms with Gasteiger partial charge in [-0.05, 0) is 69.9 Å². The lowest BCUT2D eigenvalue weighted by molar-refractivity contribution is -0.131. The van der Waals surface area contributed by atoms with Crippen LogP contribution >= 0.6 is 0 Å². The predicted octanol–water partition coefficient (Wildman–Crippen LogP) is 4.36. The Kier molecular flexibility index (Phi) is 6.26. The van der Waals surface area contributed by atoms with Crippen LogP contribution in [0.4, 0.5) is 0 Å². The molecule has 0 saturated carbocycles. The van der Waals surface area contributed by atoms with Gasteiger partial charge in [0.2, 0.25) is 5.91 Å². The maximum absolute atomic E-state index is 13.0. The monoisotopic (exact) mass is 445 g/mol. The summed E-state index contributed by atoms with van der Waals surface area (Å²) in [5.74, 6) is 0.111. The SMILES string of the molecule is Cc1nc2c(cnn2C(C)C)c(C)c1CCC(=O)N(C)[C@H](C)c1ccc(-n2cncn2)cc1. The van der Waals surface area contributed by atoms with Crippen LogP contribution in [-0.2, 0) is 11.2 Å². The number of aromatic nitrogens is 6. The summed E-state index contributed by atoms with van der Waals surface area (Å²) in [5.41, 5.74) is 6.19. The lowest BCUT2D eigenvalue weighted by Gasteiger charge is -2.26. The van der Waals surface area contributed by atoms with Gasteiger partial charge < -0.3 is 4.90 Å². The molecule has 0 spiro atoms. The minimum Gasteiger partial charge on any atom is -0.339 e. The number of amides is 1. The minimum absolute atomic E-state index is 0.0330. The highest BCUT2D eigenvalue weighted by Gasteiger charge is 2.20. The summed E-state index contributed by atoms with van der Waals surface area (Å²) in [5, 5.41) is 9.72. The first-order valence-electron chi connectivity index (χ1n) is 11.3. The number of hydrogen-bond donors (Lipinski definition) is 0. The largest absolute Gasteiger partial charge is 0.339 e. The first kappa shape index (κ1) is 22.6. The van der Waals surface area contributed by atoms with Gasteiger partial charge in [-0.25, -0.2) is 19.3 Å². The van der Waals surface area contributed by atoms with Gasteiger partial charge in [0, 0.05) is 30.6 Å². The number of hydrogen-bond acceptors (Lipinski definition) is 5. The molecule has 8 heteroatoms. The highest BCUT2D eigenvalue weighted by molar-refractivity contribution is 5.81. The standard InChI is InChI=1S/C25H31N7O/c1-16(2)32-25-23(13-27-32)17(3)22(18(4)29-25)11-12-24(33)30(6)19(5)20-7-9-21(10-8-20)31-15-26-14-28-31/h7-10,13-16,19H,11-12H2,1-6H3/t19-/m1/s1. The van der Waals surface area contributed by atoms with Crippen molar-refractivity contribution in [3.63, 3.8) is 0 Å². The van der Waals surface area contributed by atoms with E-state index in [4.69, 9.17) is 4.98 Å². The lowest BCUT2D eigenvalue weighted by Crippen LogP contribution is -2.30. The summed E-state index contributed by atoms with van der Waals surface area (Å²) in [7, 11) is 1.87. The smallest absolute Gasteiger partial charge is 0.223 e. The molecular formula is C25H31N7O. The van der Waals surface area contributed by atoms with Crippen LogP contribution in [0, 0.1) is 13.8 Å². The molecule has 0 aliphatic carbocycles. The van der Waals surface area contributed by atoms with Crippen molar-refractivity contribution >= 4 is 16.9 Å². The molecule has 1 atom stereocenters. The number of aryl methyl sites for hydroxylation is 2. The van der Waals surface area contributed by atoms with Crippen molar-refractivity contribution in [3.05, 3.63) is 65.5 Å². The van der Waals surface area contributed by atoms with Gasteiger partial charge in [0.25, 0.3) is 0 Å². The second-order valence-electron chi connectivity index (χ2n) is 8.83. The second-order valence-corrected chi connectivity index (χ2v) is 8.83. The number of benzene rings is 1. The Morgan fingerprint density at radius 3 is 2.45 bits per heavy atom. The lowest BCUT2D eigenvalue weighted by atomic mass is 9.99. The number of nitrogens with zero attached hydrogens (tertiary/aromatic N) is 7. The number of pyridine rings is 1. The van der Waals surface area contributed by atoms with Crippen LogP contribution in [0.3, 0.4) is 0 Å². The van der Waals surface area contributed by atoms with E-state index in [1.165, 1.54) is 6.33 Å². The summed E-state index contributed by atoms with van der Waals surface area (Å²) in [6.07, 6.45) is 6.16. The van der Waals surface area contributed by atoms with Gasteiger partial charge in [-0.1, -0.05) is 12.1 Å². The Morgan fingerprint density at radius 1 is 1.09 bits per heavy atom. The number of carbonyl (C=O) groups is 1.